The number of aliphatic hydroxyl groups is 1. The standard InChI is InChI=1S/C27H34N2O2.2ClH/c30-26-18-23-12-7-15-29(27(31)22-10-5-2-6-11-22)24(23)19-25(26)28-16-13-21(14-17-28)20-8-3-1-4-9-20;;/h1-6,8-11,21,23-26,30H,7,12-19H2;2*1H. The van der Waals surface area contributed by atoms with Crippen LogP contribution in [0.4, 0.5) is 0 Å². The molecule has 0 radical (unpaired) electrons. The molecule has 4 nitrogen and oxygen atoms in total. The van der Waals surface area contributed by atoms with Gasteiger partial charge < -0.3 is 10.0 Å². The van der Waals surface area contributed by atoms with E-state index in [-0.39, 0.29) is 48.9 Å². The fourth-order valence-corrected chi connectivity index (χ4v) is 6.28. The number of hydrogen-bond acceptors (Lipinski definition) is 3. The number of fused-ring (bicyclic) bond motifs is 1. The van der Waals surface area contributed by atoms with Gasteiger partial charge in [0.05, 0.1) is 6.10 Å². The highest BCUT2D eigenvalue weighted by atomic mass is 35.5. The third kappa shape index (κ3) is 5.57. The number of rotatable bonds is 3. The molecule has 0 aromatic heterocycles. The fraction of sp³-hybridized carbons (Fsp3) is 0.519. The predicted molar refractivity (Wildman–Crippen MR) is 138 cm³/mol. The quantitative estimate of drug-likeness (QED) is 0.646. The lowest BCUT2D eigenvalue weighted by molar-refractivity contribution is -0.0514. The summed E-state index contributed by atoms with van der Waals surface area (Å²) in [7, 11) is 0. The number of halogens is 2. The minimum Gasteiger partial charge on any atom is -0.391 e. The molecule has 3 aliphatic rings. The maximum Gasteiger partial charge on any atom is 0.254 e. The van der Waals surface area contributed by atoms with Gasteiger partial charge in [-0.3, -0.25) is 9.69 Å². The van der Waals surface area contributed by atoms with E-state index in [1.807, 2.05) is 30.3 Å². The Morgan fingerprint density at radius 2 is 1.42 bits per heavy atom. The van der Waals surface area contributed by atoms with E-state index in [0.29, 0.717) is 11.8 Å². The summed E-state index contributed by atoms with van der Waals surface area (Å²) in [5.74, 6) is 1.21. The van der Waals surface area contributed by atoms with Crippen molar-refractivity contribution in [1.82, 2.24) is 9.80 Å². The molecule has 1 saturated carbocycles. The average molecular weight is 492 g/mol. The van der Waals surface area contributed by atoms with Crippen LogP contribution in [0.2, 0.25) is 0 Å². The molecule has 180 valence electrons. The van der Waals surface area contributed by atoms with Crippen LogP contribution >= 0.6 is 24.8 Å². The van der Waals surface area contributed by atoms with E-state index in [0.717, 1.165) is 63.7 Å². The van der Waals surface area contributed by atoms with E-state index in [4.69, 9.17) is 0 Å². The summed E-state index contributed by atoms with van der Waals surface area (Å²) < 4.78 is 0. The Bertz CT molecular complexity index is 874. The summed E-state index contributed by atoms with van der Waals surface area (Å²) in [5, 5.41) is 11.0. The number of piperidine rings is 2. The molecule has 0 bridgehead atoms. The molecule has 2 aliphatic heterocycles. The molecule has 3 fully saturated rings. The van der Waals surface area contributed by atoms with E-state index in [9.17, 15) is 9.90 Å². The van der Waals surface area contributed by atoms with Gasteiger partial charge in [0.25, 0.3) is 5.91 Å². The SMILES string of the molecule is Cl.Cl.O=C(c1ccccc1)N1CCCC2CC(O)C(N3CCC(c4ccccc4)CC3)CC21. The van der Waals surface area contributed by atoms with Crippen LogP contribution in [0.15, 0.2) is 60.7 Å². The monoisotopic (exact) mass is 490 g/mol. The highest BCUT2D eigenvalue weighted by molar-refractivity contribution is 5.94. The lowest BCUT2D eigenvalue weighted by Gasteiger charge is -2.51. The molecule has 2 heterocycles. The van der Waals surface area contributed by atoms with Crippen molar-refractivity contribution in [3.8, 4) is 0 Å². The van der Waals surface area contributed by atoms with E-state index in [1.165, 1.54) is 5.56 Å². The van der Waals surface area contributed by atoms with Gasteiger partial charge in [-0.1, -0.05) is 48.5 Å². The number of likely N-dealkylation sites (tertiary alicyclic amines) is 2. The Morgan fingerprint density at radius 1 is 0.788 bits per heavy atom. The zero-order valence-corrected chi connectivity index (χ0v) is 20.7. The normalized spacial score (nSPS) is 28.2. The van der Waals surface area contributed by atoms with E-state index < -0.39 is 0 Å². The molecule has 4 atom stereocenters. The number of carbonyl (C=O) groups excluding carboxylic acids is 1. The highest BCUT2D eigenvalue weighted by Crippen LogP contribution is 2.39. The van der Waals surface area contributed by atoms with Gasteiger partial charge in [0, 0.05) is 24.2 Å². The molecule has 33 heavy (non-hydrogen) atoms. The van der Waals surface area contributed by atoms with Crippen molar-refractivity contribution < 1.29 is 9.90 Å². The highest BCUT2D eigenvalue weighted by Gasteiger charge is 2.44. The van der Waals surface area contributed by atoms with E-state index in [1.54, 1.807) is 0 Å². The van der Waals surface area contributed by atoms with Crippen LogP contribution in [0.3, 0.4) is 0 Å². The van der Waals surface area contributed by atoms with Crippen molar-refractivity contribution in [3.63, 3.8) is 0 Å². The largest absolute Gasteiger partial charge is 0.391 e. The minimum absolute atomic E-state index is 0. The maximum atomic E-state index is 13.3. The molecular formula is C27H36Cl2N2O2. The summed E-state index contributed by atoms with van der Waals surface area (Å²) in [4.78, 5) is 17.9. The lowest BCUT2D eigenvalue weighted by Crippen LogP contribution is -2.59. The molecule has 2 aromatic carbocycles. The van der Waals surface area contributed by atoms with Crippen LogP contribution < -0.4 is 0 Å². The summed E-state index contributed by atoms with van der Waals surface area (Å²) in [6, 6.07) is 21.0. The smallest absolute Gasteiger partial charge is 0.254 e. The molecule has 2 saturated heterocycles. The molecular weight excluding hydrogens is 455 g/mol. The van der Waals surface area contributed by atoms with Crippen LogP contribution in [0.25, 0.3) is 0 Å². The summed E-state index contributed by atoms with van der Waals surface area (Å²) in [6.45, 7) is 2.91. The van der Waals surface area contributed by atoms with Gasteiger partial charge in [-0.05, 0) is 81.1 Å². The third-order valence-electron chi connectivity index (χ3n) is 7.94. The van der Waals surface area contributed by atoms with Crippen LogP contribution in [0.1, 0.15) is 60.4 Å². The van der Waals surface area contributed by atoms with Gasteiger partial charge in [0.2, 0.25) is 0 Å². The maximum absolute atomic E-state index is 13.3. The molecule has 5 rings (SSSR count). The molecule has 1 amide bonds. The van der Waals surface area contributed by atoms with Gasteiger partial charge in [-0.2, -0.15) is 0 Å². The van der Waals surface area contributed by atoms with Crippen molar-refractivity contribution in [3.05, 3.63) is 71.8 Å². The summed E-state index contributed by atoms with van der Waals surface area (Å²) in [5.41, 5.74) is 2.23. The molecule has 2 aromatic rings. The fourth-order valence-electron chi connectivity index (χ4n) is 6.28. The van der Waals surface area contributed by atoms with Crippen molar-refractivity contribution in [2.75, 3.05) is 19.6 Å². The van der Waals surface area contributed by atoms with Crippen LogP contribution in [0, 0.1) is 5.92 Å². The van der Waals surface area contributed by atoms with Crippen molar-refractivity contribution >= 4 is 30.7 Å². The Kier molecular flexibility index (Phi) is 9.23. The average Bonchev–Trinajstić information content (AvgIpc) is 2.84. The second-order valence-corrected chi connectivity index (χ2v) is 9.66. The summed E-state index contributed by atoms with van der Waals surface area (Å²) in [6.07, 6.45) is 5.92. The topological polar surface area (TPSA) is 43.8 Å². The number of carbonyl (C=O) groups is 1. The van der Waals surface area contributed by atoms with Gasteiger partial charge in [0.15, 0.2) is 0 Å². The Labute approximate surface area is 210 Å². The lowest BCUT2D eigenvalue weighted by atomic mass is 9.73. The van der Waals surface area contributed by atoms with Crippen molar-refractivity contribution in [1.29, 1.82) is 0 Å². The van der Waals surface area contributed by atoms with E-state index >= 15 is 0 Å². The van der Waals surface area contributed by atoms with Gasteiger partial charge in [-0.15, -0.1) is 24.8 Å². The first-order valence-corrected chi connectivity index (χ1v) is 12.0. The van der Waals surface area contributed by atoms with Gasteiger partial charge in [0.1, 0.15) is 0 Å². The zero-order chi connectivity index (χ0) is 21.2. The third-order valence-corrected chi connectivity index (χ3v) is 7.94. The van der Waals surface area contributed by atoms with Gasteiger partial charge >= 0.3 is 0 Å². The van der Waals surface area contributed by atoms with Crippen molar-refractivity contribution in [2.45, 2.75) is 62.6 Å². The zero-order valence-electron chi connectivity index (χ0n) is 19.1. The predicted octanol–water partition coefficient (Wildman–Crippen LogP) is 5.15. The Hall–Kier alpha value is -1.59. The second-order valence-electron chi connectivity index (χ2n) is 9.66. The van der Waals surface area contributed by atoms with Crippen LogP contribution in [-0.2, 0) is 0 Å². The van der Waals surface area contributed by atoms with E-state index in [2.05, 4.69) is 40.1 Å². The number of hydrogen-bond donors (Lipinski definition) is 1. The molecule has 1 N–H and O–H groups in total. The molecule has 4 unspecified atom stereocenters. The molecule has 6 heteroatoms. The first-order chi connectivity index (χ1) is 15.2. The Morgan fingerprint density at radius 3 is 2.09 bits per heavy atom. The van der Waals surface area contributed by atoms with Crippen LogP contribution in [0.5, 0.6) is 0 Å². The van der Waals surface area contributed by atoms with Crippen molar-refractivity contribution in [2.24, 2.45) is 5.92 Å². The summed E-state index contributed by atoms with van der Waals surface area (Å²) >= 11 is 0. The number of nitrogens with zero attached hydrogens (tertiary/aromatic N) is 2. The first-order valence-electron chi connectivity index (χ1n) is 12.0. The Balaban J connectivity index is 0.00000153. The minimum atomic E-state index is -0.277. The molecule has 0 spiro atoms. The second kappa shape index (κ2) is 11.7. The first kappa shape index (κ1) is 26.0. The van der Waals surface area contributed by atoms with Crippen LogP contribution in [-0.4, -0.2) is 58.6 Å². The number of amides is 1. The molecule has 1 aliphatic carbocycles. The number of benzene rings is 2. The van der Waals surface area contributed by atoms with Gasteiger partial charge in [-0.25, -0.2) is 0 Å². The number of aliphatic hydroxyl groups excluding tert-OH is 1.